The highest BCUT2D eigenvalue weighted by Crippen LogP contribution is 2.25. The summed E-state index contributed by atoms with van der Waals surface area (Å²) in [6.45, 7) is 4.78. The van der Waals surface area contributed by atoms with Gasteiger partial charge in [-0.05, 0) is 56.4 Å². The van der Waals surface area contributed by atoms with Crippen LogP contribution in [0.5, 0.6) is 0 Å². The van der Waals surface area contributed by atoms with Crippen molar-refractivity contribution in [1.29, 1.82) is 0 Å². The van der Waals surface area contributed by atoms with E-state index >= 15 is 0 Å². The van der Waals surface area contributed by atoms with Crippen molar-refractivity contribution in [3.05, 3.63) is 23.3 Å². The molecule has 1 fully saturated rings. The van der Waals surface area contributed by atoms with Gasteiger partial charge >= 0.3 is 0 Å². The van der Waals surface area contributed by atoms with E-state index in [4.69, 9.17) is 10.5 Å². The molecule has 2 rings (SSSR count). The summed E-state index contributed by atoms with van der Waals surface area (Å²) in [6, 6.07) is 3.33. The van der Waals surface area contributed by atoms with Gasteiger partial charge < -0.3 is 10.5 Å². The first-order valence-electron chi connectivity index (χ1n) is 7.27. The van der Waals surface area contributed by atoms with Crippen LogP contribution in [-0.4, -0.2) is 39.0 Å². The minimum atomic E-state index is -3.54. The molecule has 1 aromatic rings. The Bertz CT molecular complexity index is 608. The Balaban J connectivity index is 2.24. The quantitative estimate of drug-likeness (QED) is 0.864. The van der Waals surface area contributed by atoms with Crippen LogP contribution in [-0.2, 0) is 14.8 Å². The molecule has 1 atom stereocenters. The number of rotatable bonds is 4. The molecular weight excluding hydrogens is 288 g/mol. The number of ether oxygens (including phenoxy) is 1. The van der Waals surface area contributed by atoms with E-state index in [1.54, 1.807) is 13.1 Å². The van der Waals surface area contributed by atoms with Gasteiger partial charge in [0.25, 0.3) is 0 Å². The Kier molecular flexibility index (Phi) is 4.91. The summed E-state index contributed by atoms with van der Waals surface area (Å²) >= 11 is 0. The lowest BCUT2D eigenvalue weighted by Gasteiger charge is -2.27. The van der Waals surface area contributed by atoms with Crippen molar-refractivity contribution < 1.29 is 13.2 Å². The molecular formula is C15H24N2O3S. The predicted octanol–water partition coefficient (Wildman–Crippen LogP) is 2.08. The lowest BCUT2D eigenvalue weighted by Crippen LogP contribution is -2.37. The van der Waals surface area contributed by atoms with Gasteiger partial charge in [-0.15, -0.1) is 0 Å². The molecule has 2 N–H and O–H groups in total. The lowest BCUT2D eigenvalue weighted by molar-refractivity contribution is 0.00858. The molecule has 0 aromatic heterocycles. The minimum absolute atomic E-state index is 0.0130. The summed E-state index contributed by atoms with van der Waals surface area (Å²) in [5.41, 5.74) is 7.91. The maximum Gasteiger partial charge on any atom is 0.243 e. The molecule has 0 saturated carbocycles. The van der Waals surface area contributed by atoms with Gasteiger partial charge in [-0.1, -0.05) is 0 Å². The van der Waals surface area contributed by atoms with Gasteiger partial charge in [0.05, 0.1) is 11.0 Å². The van der Waals surface area contributed by atoms with Gasteiger partial charge in [0, 0.05) is 25.9 Å². The number of nitrogens with zero attached hydrogens (tertiary/aromatic N) is 1. The number of likely N-dealkylation sites (N-methyl/N-ethyl adjacent to an activating group) is 1. The van der Waals surface area contributed by atoms with Crippen molar-refractivity contribution in [2.75, 3.05) is 25.9 Å². The van der Waals surface area contributed by atoms with Crippen molar-refractivity contribution in [3.8, 4) is 0 Å². The van der Waals surface area contributed by atoms with Gasteiger partial charge in [-0.25, -0.2) is 8.42 Å². The molecule has 0 bridgehead atoms. The van der Waals surface area contributed by atoms with Gasteiger partial charge in [0.2, 0.25) is 10.0 Å². The van der Waals surface area contributed by atoms with E-state index in [-0.39, 0.29) is 6.10 Å². The monoisotopic (exact) mass is 312 g/mol. The smallest absolute Gasteiger partial charge is 0.243 e. The second-order valence-electron chi connectivity index (χ2n) is 5.74. The molecule has 6 heteroatoms. The average Bonchev–Trinajstić information content (AvgIpc) is 2.43. The Morgan fingerprint density at radius 3 is 2.67 bits per heavy atom. The first-order valence-corrected chi connectivity index (χ1v) is 8.71. The molecule has 5 nitrogen and oxygen atoms in total. The van der Waals surface area contributed by atoms with Crippen molar-refractivity contribution in [2.24, 2.45) is 0 Å². The van der Waals surface area contributed by atoms with E-state index in [1.807, 2.05) is 13.8 Å². The zero-order chi connectivity index (χ0) is 15.6. The van der Waals surface area contributed by atoms with E-state index in [0.29, 0.717) is 17.1 Å². The van der Waals surface area contributed by atoms with Crippen LogP contribution in [0.1, 0.15) is 30.4 Å². The number of benzene rings is 1. The van der Waals surface area contributed by atoms with Crippen LogP contribution in [0.25, 0.3) is 0 Å². The topological polar surface area (TPSA) is 72.6 Å². The summed E-state index contributed by atoms with van der Waals surface area (Å²) in [6.07, 6.45) is 3.05. The molecule has 118 valence electrons. The third kappa shape index (κ3) is 3.56. The second kappa shape index (κ2) is 6.34. The van der Waals surface area contributed by atoms with Crippen LogP contribution >= 0.6 is 0 Å². The summed E-state index contributed by atoms with van der Waals surface area (Å²) < 4.78 is 32.5. The summed E-state index contributed by atoms with van der Waals surface area (Å²) in [5.74, 6) is 0. The zero-order valence-electron chi connectivity index (χ0n) is 12.9. The van der Waals surface area contributed by atoms with Crippen molar-refractivity contribution in [3.63, 3.8) is 0 Å². The molecule has 21 heavy (non-hydrogen) atoms. The number of anilines is 1. The van der Waals surface area contributed by atoms with Crippen molar-refractivity contribution in [2.45, 2.75) is 44.1 Å². The summed E-state index contributed by atoms with van der Waals surface area (Å²) in [5, 5.41) is 0. The first kappa shape index (κ1) is 16.3. The SMILES string of the molecule is Cc1cc(N)cc(S(=O)(=O)N(C)CC2CCCCO2)c1C. The fraction of sp³-hybridized carbons (Fsp3) is 0.600. The predicted molar refractivity (Wildman–Crippen MR) is 83.7 cm³/mol. The van der Waals surface area contributed by atoms with Gasteiger partial charge in [0.15, 0.2) is 0 Å². The maximum absolute atomic E-state index is 12.7. The fourth-order valence-corrected chi connectivity index (χ4v) is 4.16. The molecule has 0 spiro atoms. The van der Waals surface area contributed by atoms with Crippen LogP contribution in [0.15, 0.2) is 17.0 Å². The van der Waals surface area contributed by atoms with E-state index in [2.05, 4.69) is 0 Å². The summed E-state index contributed by atoms with van der Waals surface area (Å²) in [4.78, 5) is 0.290. The Morgan fingerprint density at radius 1 is 1.33 bits per heavy atom. The highest BCUT2D eigenvalue weighted by molar-refractivity contribution is 7.89. The van der Waals surface area contributed by atoms with Gasteiger partial charge in [-0.2, -0.15) is 4.31 Å². The molecule has 1 unspecified atom stereocenters. The van der Waals surface area contributed by atoms with Gasteiger partial charge in [-0.3, -0.25) is 0 Å². The minimum Gasteiger partial charge on any atom is -0.399 e. The Labute approximate surface area is 127 Å². The van der Waals surface area contributed by atoms with E-state index in [9.17, 15) is 8.42 Å². The molecule has 0 aliphatic carbocycles. The largest absolute Gasteiger partial charge is 0.399 e. The van der Waals surface area contributed by atoms with Crippen LogP contribution in [0.2, 0.25) is 0 Å². The molecule has 0 radical (unpaired) electrons. The number of nitrogen functional groups attached to an aromatic ring is 1. The van der Waals surface area contributed by atoms with Crippen LogP contribution in [0.3, 0.4) is 0 Å². The molecule has 1 aliphatic heterocycles. The highest BCUT2D eigenvalue weighted by atomic mass is 32.2. The molecule has 1 saturated heterocycles. The van der Waals surface area contributed by atoms with E-state index in [1.165, 1.54) is 10.4 Å². The lowest BCUT2D eigenvalue weighted by atomic mass is 10.1. The van der Waals surface area contributed by atoms with Crippen molar-refractivity contribution >= 4 is 15.7 Å². The first-order chi connectivity index (χ1) is 9.82. The molecule has 0 amide bonds. The maximum atomic E-state index is 12.7. The van der Waals surface area contributed by atoms with Gasteiger partial charge in [0.1, 0.15) is 0 Å². The third-order valence-corrected chi connectivity index (χ3v) is 6.01. The number of sulfonamides is 1. The standard InChI is InChI=1S/C15H24N2O3S/c1-11-8-13(16)9-15(12(11)2)21(18,19)17(3)10-14-6-4-5-7-20-14/h8-9,14H,4-7,10,16H2,1-3H3. The van der Waals surface area contributed by atoms with Crippen LogP contribution in [0, 0.1) is 13.8 Å². The van der Waals surface area contributed by atoms with Crippen LogP contribution in [0.4, 0.5) is 5.69 Å². The fourth-order valence-electron chi connectivity index (χ4n) is 2.63. The summed E-state index contributed by atoms with van der Waals surface area (Å²) in [7, 11) is -1.94. The molecule has 1 aliphatic rings. The normalized spacial score (nSPS) is 19.9. The number of hydrogen-bond acceptors (Lipinski definition) is 4. The second-order valence-corrected chi connectivity index (χ2v) is 7.75. The van der Waals surface area contributed by atoms with E-state index < -0.39 is 10.0 Å². The number of hydrogen-bond donors (Lipinski definition) is 1. The average molecular weight is 312 g/mol. The van der Waals surface area contributed by atoms with Crippen LogP contribution < -0.4 is 5.73 Å². The van der Waals surface area contributed by atoms with Crippen molar-refractivity contribution in [1.82, 2.24) is 4.31 Å². The van der Waals surface area contributed by atoms with E-state index in [0.717, 1.165) is 37.0 Å². The highest BCUT2D eigenvalue weighted by Gasteiger charge is 2.27. The number of nitrogens with two attached hydrogens (primary N) is 1. The Hall–Kier alpha value is -1.11. The third-order valence-electron chi connectivity index (χ3n) is 4.06. The molecule has 1 aromatic carbocycles. The molecule has 1 heterocycles. The Morgan fingerprint density at radius 2 is 2.05 bits per heavy atom. The number of aryl methyl sites for hydroxylation is 1. The zero-order valence-corrected chi connectivity index (χ0v) is 13.7.